The molecule has 4 rings (SSSR count). The first-order valence-electron chi connectivity index (χ1n) is 11.9. The van der Waals surface area contributed by atoms with Crippen LogP contribution in [-0.4, -0.2) is 50.7 Å². The van der Waals surface area contributed by atoms with Crippen LogP contribution in [0.3, 0.4) is 0 Å². The van der Waals surface area contributed by atoms with Crippen LogP contribution in [0.2, 0.25) is 0 Å². The molecule has 0 spiro atoms. The minimum atomic E-state index is -4.13. The molecule has 0 aliphatic carbocycles. The van der Waals surface area contributed by atoms with Crippen LogP contribution in [0, 0.1) is 5.92 Å². The molecule has 1 aliphatic rings. The van der Waals surface area contributed by atoms with Gasteiger partial charge in [0.25, 0.3) is 10.0 Å². The molecule has 1 fully saturated rings. The summed E-state index contributed by atoms with van der Waals surface area (Å²) in [6, 6.07) is 13.0. The number of rotatable bonds is 10. The Morgan fingerprint density at radius 1 is 1.19 bits per heavy atom. The molecule has 0 amide bonds. The first kappa shape index (κ1) is 26.2. The first-order chi connectivity index (χ1) is 17.8. The first-order valence-corrected chi connectivity index (χ1v) is 13.4. The van der Waals surface area contributed by atoms with E-state index in [4.69, 9.17) is 15.2 Å². The van der Waals surface area contributed by atoms with Crippen molar-refractivity contribution in [3.05, 3.63) is 72.0 Å². The number of aromatic nitrogens is 2. The number of ether oxygens (including phenoxy) is 2. The van der Waals surface area contributed by atoms with Crippen molar-refractivity contribution in [2.24, 2.45) is 11.7 Å². The van der Waals surface area contributed by atoms with Crippen molar-refractivity contribution in [1.82, 2.24) is 14.9 Å². The SMILES string of the molecule is C=CN(C)/C=C(\N)S(=O)(=O)Nc1nc2ccccc2nc1Nc1cc(OC)ccc1CC1CCOCC1. The lowest BCUT2D eigenvalue weighted by atomic mass is 9.91. The number of benzene rings is 2. The predicted octanol–water partition coefficient (Wildman–Crippen LogP) is 3.93. The molecule has 1 aromatic heterocycles. The van der Waals surface area contributed by atoms with Crippen LogP contribution in [0.4, 0.5) is 17.3 Å². The molecule has 0 bridgehead atoms. The fourth-order valence-corrected chi connectivity index (χ4v) is 4.85. The maximum atomic E-state index is 13.0. The van der Waals surface area contributed by atoms with E-state index in [0.717, 1.165) is 43.7 Å². The number of sulfonamides is 1. The van der Waals surface area contributed by atoms with E-state index in [1.54, 1.807) is 20.2 Å². The Labute approximate surface area is 217 Å². The Morgan fingerprint density at radius 3 is 2.51 bits per heavy atom. The third-order valence-corrected chi connectivity index (χ3v) is 7.34. The minimum Gasteiger partial charge on any atom is -0.497 e. The second kappa shape index (κ2) is 11.5. The van der Waals surface area contributed by atoms with Crippen LogP contribution in [0.25, 0.3) is 11.0 Å². The van der Waals surface area contributed by atoms with Crippen molar-refractivity contribution in [1.29, 1.82) is 0 Å². The lowest BCUT2D eigenvalue weighted by molar-refractivity contribution is 0.0666. The number of para-hydroxylation sites is 2. The van der Waals surface area contributed by atoms with E-state index in [0.29, 0.717) is 22.7 Å². The normalized spacial score (nSPS) is 14.8. The van der Waals surface area contributed by atoms with Gasteiger partial charge < -0.3 is 25.4 Å². The van der Waals surface area contributed by atoms with Crippen molar-refractivity contribution in [2.45, 2.75) is 19.3 Å². The molecular weight excluding hydrogens is 492 g/mol. The van der Waals surface area contributed by atoms with Crippen LogP contribution in [0.1, 0.15) is 18.4 Å². The Bertz CT molecular complexity index is 1400. The largest absolute Gasteiger partial charge is 0.497 e. The van der Waals surface area contributed by atoms with E-state index in [2.05, 4.69) is 26.6 Å². The number of methoxy groups -OCH3 is 1. The van der Waals surface area contributed by atoms with Crippen LogP contribution in [-0.2, 0) is 21.2 Å². The van der Waals surface area contributed by atoms with E-state index in [-0.39, 0.29) is 11.6 Å². The molecule has 0 unspecified atom stereocenters. The zero-order valence-electron chi connectivity index (χ0n) is 21.0. The third-order valence-electron chi connectivity index (χ3n) is 6.15. The van der Waals surface area contributed by atoms with Crippen molar-refractivity contribution < 1.29 is 17.9 Å². The summed E-state index contributed by atoms with van der Waals surface area (Å²) in [7, 11) is -0.904. The summed E-state index contributed by atoms with van der Waals surface area (Å²) in [4.78, 5) is 10.7. The van der Waals surface area contributed by atoms with E-state index in [1.165, 1.54) is 17.3 Å². The van der Waals surface area contributed by atoms with Gasteiger partial charge in [-0.1, -0.05) is 24.8 Å². The lowest BCUT2D eigenvalue weighted by Gasteiger charge is -2.23. The van der Waals surface area contributed by atoms with Gasteiger partial charge in [0.1, 0.15) is 5.75 Å². The summed E-state index contributed by atoms with van der Waals surface area (Å²) < 4.78 is 39.5. The lowest BCUT2D eigenvalue weighted by Crippen LogP contribution is -2.23. The standard InChI is InChI=1S/C26H32N6O4S/c1-4-32(2)17-24(27)37(33,34)31-26-25(28-21-7-5-6-8-22(21)29-26)30-23-16-20(35-3)10-9-19(23)15-18-11-13-36-14-12-18/h4-10,16-18H,1,11-15,27H2,2-3H3,(H,28,30)(H,29,31)/b24-17+. The Hall–Kier alpha value is -3.83. The van der Waals surface area contributed by atoms with Gasteiger partial charge in [-0.15, -0.1) is 0 Å². The van der Waals surface area contributed by atoms with Crippen molar-refractivity contribution in [3.8, 4) is 5.75 Å². The quantitative estimate of drug-likeness (QED) is 0.361. The maximum absolute atomic E-state index is 13.0. The predicted molar refractivity (Wildman–Crippen MR) is 146 cm³/mol. The molecule has 4 N–H and O–H groups in total. The number of nitrogens with zero attached hydrogens (tertiary/aromatic N) is 3. The smallest absolute Gasteiger partial charge is 0.279 e. The van der Waals surface area contributed by atoms with E-state index >= 15 is 0 Å². The monoisotopic (exact) mass is 524 g/mol. The molecular formula is C26H32N6O4S. The minimum absolute atomic E-state index is 0.0242. The fraction of sp³-hybridized carbons (Fsp3) is 0.308. The molecule has 1 saturated heterocycles. The molecule has 10 nitrogen and oxygen atoms in total. The van der Waals surface area contributed by atoms with E-state index in [1.807, 2.05) is 36.4 Å². The van der Waals surface area contributed by atoms with Gasteiger partial charge in [-0.3, -0.25) is 4.72 Å². The van der Waals surface area contributed by atoms with Gasteiger partial charge in [0.15, 0.2) is 16.7 Å². The number of hydrogen-bond acceptors (Lipinski definition) is 9. The fourth-order valence-electron chi connectivity index (χ4n) is 4.03. The van der Waals surface area contributed by atoms with Gasteiger partial charge in [0.05, 0.1) is 18.1 Å². The molecule has 2 aromatic carbocycles. The van der Waals surface area contributed by atoms with Gasteiger partial charge >= 0.3 is 0 Å². The number of hydrogen-bond donors (Lipinski definition) is 3. The number of anilines is 3. The summed E-state index contributed by atoms with van der Waals surface area (Å²) in [6.45, 7) is 5.10. The van der Waals surface area contributed by atoms with Crippen LogP contribution >= 0.6 is 0 Å². The summed E-state index contributed by atoms with van der Waals surface area (Å²) in [6.07, 6.45) is 5.49. The van der Waals surface area contributed by atoms with Gasteiger partial charge in [0.2, 0.25) is 0 Å². The summed E-state index contributed by atoms with van der Waals surface area (Å²) >= 11 is 0. The van der Waals surface area contributed by atoms with Crippen molar-refractivity contribution in [2.75, 3.05) is 37.4 Å². The Balaban J connectivity index is 1.74. The molecule has 0 saturated carbocycles. The summed E-state index contributed by atoms with van der Waals surface area (Å²) in [5, 5.41) is 2.92. The Morgan fingerprint density at radius 2 is 1.86 bits per heavy atom. The van der Waals surface area contributed by atoms with Crippen molar-refractivity contribution >= 4 is 38.4 Å². The Kier molecular flexibility index (Phi) is 8.14. The van der Waals surface area contributed by atoms with Gasteiger partial charge in [0, 0.05) is 38.2 Å². The highest BCUT2D eigenvalue weighted by molar-refractivity contribution is 7.96. The number of fused-ring (bicyclic) bond motifs is 1. The van der Waals surface area contributed by atoms with E-state index in [9.17, 15) is 8.42 Å². The highest BCUT2D eigenvalue weighted by atomic mass is 32.2. The molecule has 1 aliphatic heterocycles. The number of nitrogens with two attached hydrogens (primary N) is 1. The average molecular weight is 525 g/mol. The third kappa shape index (κ3) is 6.49. The second-order valence-electron chi connectivity index (χ2n) is 8.80. The van der Waals surface area contributed by atoms with Gasteiger partial charge in [-0.25, -0.2) is 9.97 Å². The molecule has 2 heterocycles. The van der Waals surface area contributed by atoms with E-state index < -0.39 is 15.1 Å². The maximum Gasteiger partial charge on any atom is 0.279 e. The van der Waals surface area contributed by atoms with Crippen LogP contribution in [0.15, 0.2) is 66.5 Å². The summed E-state index contributed by atoms with van der Waals surface area (Å²) in [5.41, 5.74) is 8.84. The molecule has 196 valence electrons. The molecule has 3 aromatic rings. The second-order valence-corrected chi connectivity index (χ2v) is 10.5. The van der Waals surface area contributed by atoms with Crippen LogP contribution in [0.5, 0.6) is 5.75 Å². The highest BCUT2D eigenvalue weighted by Gasteiger charge is 2.22. The zero-order chi connectivity index (χ0) is 26.4. The van der Waals surface area contributed by atoms with Gasteiger partial charge in [-0.05, 0) is 55.1 Å². The number of nitrogens with one attached hydrogen (secondary N) is 2. The average Bonchev–Trinajstić information content (AvgIpc) is 2.90. The molecule has 0 radical (unpaired) electrons. The van der Waals surface area contributed by atoms with Crippen LogP contribution < -0.4 is 20.5 Å². The molecule has 37 heavy (non-hydrogen) atoms. The molecule has 0 atom stereocenters. The summed E-state index contributed by atoms with van der Waals surface area (Å²) in [5.74, 6) is 1.41. The topological polar surface area (TPSA) is 132 Å². The van der Waals surface area contributed by atoms with Crippen molar-refractivity contribution in [3.63, 3.8) is 0 Å². The molecule has 11 heteroatoms. The highest BCUT2D eigenvalue weighted by Crippen LogP contribution is 2.32. The van der Waals surface area contributed by atoms with Gasteiger partial charge in [-0.2, -0.15) is 8.42 Å². The zero-order valence-corrected chi connectivity index (χ0v) is 21.8.